The average molecular weight is 203 g/mol. The van der Waals surface area contributed by atoms with Gasteiger partial charge < -0.3 is 9.84 Å². The molecule has 0 radical (unpaired) electrons. The van der Waals surface area contributed by atoms with E-state index in [1.807, 2.05) is 0 Å². The van der Waals surface area contributed by atoms with Crippen molar-refractivity contribution in [1.29, 1.82) is 0 Å². The van der Waals surface area contributed by atoms with Crippen LogP contribution in [0.1, 0.15) is 0 Å². The van der Waals surface area contributed by atoms with E-state index in [2.05, 4.69) is 15.9 Å². The molecule has 1 N–H and O–H groups in total. The van der Waals surface area contributed by atoms with Gasteiger partial charge >= 0.3 is 0 Å². The summed E-state index contributed by atoms with van der Waals surface area (Å²) in [5, 5.41) is 9.23. The maximum atomic E-state index is 9.23. The summed E-state index contributed by atoms with van der Waals surface area (Å²) in [7, 11) is 1.52. The highest BCUT2D eigenvalue weighted by Crippen LogP contribution is 2.32. The van der Waals surface area contributed by atoms with Gasteiger partial charge in [0.05, 0.1) is 11.6 Å². The van der Waals surface area contributed by atoms with Crippen molar-refractivity contribution in [2.24, 2.45) is 0 Å². The monoisotopic (exact) mass is 202 g/mol. The molecule has 0 aliphatic rings. The normalized spacial score (nSPS) is 9.40. The van der Waals surface area contributed by atoms with Crippen LogP contribution in [0, 0.1) is 0 Å². The molecule has 0 spiro atoms. The van der Waals surface area contributed by atoms with Crippen molar-refractivity contribution in [2.75, 3.05) is 7.11 Å². The van der Waals surface area contributed by atoms with Gasteiger partial charge in [0, 0.05) is 0 Å². The number of aromatic hydroxyl groups is 1. The lowest BCUT2D eigenvalue weighted by Crippen LogP contribution is -1.82. The minimum absolute atomic E-state index is 0.144. The van der Waals surface area contributed by atoms with Gasteiger partial charge in [0.2, 0.25) is 0 Å². The summed E-state index contributed by atoms with van der Waals surface area (Å²) < 4.78 is 5.49. The molecule has 0 saturated carbocycles. The number of ether oxygens (including phenoxy) is 1. The quantitative estimate of drug-likeness (QED) is 0.757. The Morgan fingerprint density at radius 2 is 2.20 bits per heavy atom. The number of para-hydroxylation sites is 1. The number of hydrogen-bond donors (Lipinski definition) is 1. The number of hydrogen-bond acceptors (Lipinski definition) is 2. The van der Waals surface area contributed by atoms with Gasteiger partial charge in [0.25, 0.3) is 0 Å². The maximum absolute atomic E-state index is 9.23. The second kappa shape index (κ2) is 2.92. The first kappa shape index (κ1) is 7.41. The zero-order valence-electron chi connectivity index (χ0n) is 5.47. The molecule has 0 aliphatic heterocycles. The van der Waals surface area contributed by atoms with Gasteiger partial charge in [-0.1, -0.05) is 6.07 Å². The summed E-state index contributed by atoms with van der Waals surface area (Å²) in [6, 6.07) is 5.24. The summed E-state index contributed by atoms with van der Waals surface area (Å²) in [6.07, 6.45) is 0. The molecule has 1 rings (SSSR count). The number of phenols is 1. The fraction of sp³-hybridized carbons (Fsp3) is 0.143. The molecule has 0 aliphatic carbocycles. The summed E-state index contributed by atoms with van der Waals surface area (Å²) in [6.45, 7) is 0. The number of phenolic OH excluding ortho intramolecular Hbond substituents is 1. The Hall–Kier alpha value is -0.700. The van der Waals surface area contributed by atoms with E-state index in [0.717, 1.165) is 0 Å². The Labute approximate surface area is 67.6 Å². The van der Waals surface area contributed by atoms with Crippen LogP contribution in [0.25, 0.3) is 0 Å². The predicted molar refractivity (Wildman–Crippen MR) is 42.4 cm³/mol. The fourth-order valence-electron chi connectivity index (χ4n) is 0.660. The maximum Gasteiger partial charge on any atom is 0.172 e. The second-order valence-electron chi connectivity index (χ2n) is 1.79. The van der Waals surface area contributed by atoms with Crippen LogP contribution >= 0.6 is 15.9 Å². The molecule has 54 valence electrons. The Morgan fingerprint density at radius 1 is 1.50 bits per heavy atom. The van der Waals surface area contributed by atoms with E-state index in [1.54, 1.807) is 18.2 Å². The number of rotatable bonds is 1. The van der Waals surface area contributed by atoms with E-state index in [0.29, 0.717) is 10.2 Å². The topological polar surface area (TPSA) is 29.5 Å². The minimum Gasteiger partial charge on any atom is -0.503 e. The van der Waals surface area contributed by atoms with Gasteiger partial charge in [-0.2, -0.15) is 0 Å². The molecule has 0 unspecified atom stereocenters. The molecule has 0 atom stereocenters. The van der Waals surface area contributed by atoms with Crippen LogP contribution in [0.2, 0.25) is 0 Å². The van der Waals surface area contributed by atoms with Crippen LogP contribution in [0.4, 0.5) is 0 Å². The molecule has 0 aromatic heterocycles. The highest BCUT2D eigenvalue weighted by atomic mass is 79.9. The first-order chi connectivity index (χ1) is 4.75. The lowest BCUT2D eigenvalue weighted by Gasteiger charge is -2.02. The van der Waals surface area contributed by atoms with E-state index >= 15 is 0 Å². The fourth-order valence-corrected chi connectivity index (χ4v) is 1.01. The number of methoxy groups -OCH3 is 1. The summed E-state index contributed by atoms with van der Waals surface area (Å²) in [4.78, 5) is 0. The predicted octanol–water partition coefficient (Wildman–Crippen LogP) is 2.16. The third kappa shape index (κ3) is 1.24. The number of benzene rings is 1. The molecule has 0 fully saturated rings. The van der Waals surface area contributed by atoms with E-state index in [-0.39, 0.29) is 5.75 Å². The van der Waals surface area contributed by atoms with Gasteiger partial charge in [-0.05, 0) is 28.1 Å². The third-order valence-corrected chi connectivity index (χ3v) is 1.81. The second-order valence-corrected chi connectivity index (χ2v) is 2.65. The molecule has 0 heterocycles. The molecule has 3 heteroatoms. The Kier molecular flexibility index (Phi) is 2.17. The zero-order valence-corrected chi connectivity index (χ0v) is 7.05. The van der Waals surface area contributed by atoms with Crippen LogP contribution in [-0.2, 0) is 0 Å². The molecule has 1 aromatic rings. The van der Waals surface area contributed by atoms with Crippen molar-refractivity contribution in [3.63, 3.8) is 0 Å². The smallest absolute Gasteiger partial charge is 0.172 e. The van der Waals surface area contributed by atoms with Crippen molar-refractivity contribution in [3.8, 4) is 11.5 Å². The lowest BCUT2D eigenvalue weighted by atomic mass is 10.3. The SMILES string of the molecule is COc1cccc(Br)c1O. The van der Waals surface area contributed by atoms with E-state index in [9.17, 15) is 5.11 Å². The Bertz CT molecular complexity index is 235. The van der Waals surface area contributed by atoms with Gasteiger partial charge in [-0.25, -0.2) is 0 Å². The average Bonchev–Trinajstić information content (AvgIpc) is 1.95. The summed E-state index contributed by atoms with van der Waals surface area (Å²) in [5.74, 6) is 0.624. The van der Waals surface area contributed by atoms with E-state index in [1.165, 1.54) is 7.11 Å². The molecular formula is C7H7BrO2. The van der Waals surface area contributed by atoms with Crippen molar-refractivity contribution >= 4 is 15.9 Å². The molecule has 0 bridgehead atoms. The van der Waals surface area contributed by atoms with E-state index in [4.69, 9.17) is 4.74 Å². The van der Waals surface area contributed by atoms with Gasteiger partial charge in [0.1, 0.15) is 0 Å². The highest BCUT2D eigenvalue weighted by Gasteiger charge is 2.02. The molecule has 1 aromatic carbocycles. The standard InChI is InChI=1S/C7H7BrO2/c1-10-6-4-2-3-5(8)7(6)9/h2-4,9H,1H3. The third-order valence-electron chi connectivity index (χ3n) is 1.17. The Morgan fingerprint density at radius 3 is 2.70 bits per heavy atom. The molecule has 0 amide bonds. The first-order valence-electron chi connectivity index (χ1n) is 2.77. The zero-order chi connectivity index (χ0) is 7.56. The lowest BCUT2D eigenvalue weighted by molar-refractivity contribution is 0.372. The minimum atomic E-state index is 0.144. The Balaban J connectivity index is 3.14. The first-order valence-corrected chi connectivity index (χ1v) is 3.56. The van der Waals surface area contributed by atoms with Gasteiger partial charge in [-0.3, -0.25) is 0 Å². The van der Waals surface area contributed by atoms with Gasteiger partial charge in [0.15, 0.2) is 11.5 Å². The van der Waals surface area contributed by atoms with E-state index < -0.39 is 0 Å². The van der Waals surface area contributed by atoms with Crippen LogP contribution in [0.15, 0.2) is 22.7 Å². The molecule has 2 nitrogen and oxygen atoms in total. The van der Waals surface area contributed by atoms with Crippen molar-refractivity contribution in [3.05, 3.63) is 22.7 Å². The van der Waals surface area contributed by atoms with Crippen LogP contribution in [0.3, 0.4) is 0 Å². The van der Waals surface area contributed by atoms with Crippen LogP contribution in [-0.4, -0.2) is 12.2 Å². The molecule has 10 heavy (non-hydrogen) atoms. The van der Waals surface area contributed by atoms with Crippen LogP contribution in [0.5, 0.6) is 11.5 Å². The van der Waals surface area contributed by atoms with Crippen molar-refractivity contribution in [1.82, 2.24) is 0 Å². The number of halogens is 1. The molecular weight excluding hydrogens is 196 g/mol. The highest BCUT2D eigenvalue weighted by molar-refractivity contribution is 9.10. The summed E-state index contributed by atoms with van der Waals surface area (Å²) in [5.41, 5.74) is 0. The molecule has 0 saturated heterocycles. The van der Waals surface area contributed by atoms with Crippen molar-refractivity contribution < 1.29 is 9.84 Å². The largest absolute Gasteiger partial charge is 0.503 e. The van der Waals surface area contributed by atoms with Gasteiger partial charge in [-0.15, -0.1) is 0 Å². The van der Waals surface area contributed by atoms with Crippen LogP contribution < -0.4 is 4.74 Å². The van der Waals surface area contributed by atoms with Crippen molar-refractivity contribution in [2.45, 2.75) is 0 Å². The summed E-state index contributed by atoms with van der Waals surface area (Å²) >= 11 is 3.16.